The van der Waals surface area contributed by atoms with Gasteiger partial charge in [-0.2, -0.15) is 5.10 Å². The third-order valence-corrected chi connectivity index (χ3v) is 4.70. The maximum atomic E-state index is 13.5. The Hall–Kier alpha value is -4.53. The average Bonchev–Trinajstić information content (AvgIpc) is 3.24. The molecule has 0 amide bonds. The molecule has 4 rings (SSSR count). The van der Waals surface area contributed by atoms with Crippen LogP contribution in [0.2, 0.25) is 0 Å². The molecular weight excluding hydrogens is 422 g/mol. The van der Waals surface area contributed by atoms with E-state index in [-0.39, 0.29) is 47.3 Å². The summed E-state index contributed by atoms with van der Waals surface area (Å²) >= 11 is 0. The van der Waals surface area contributed by atoms with E-state index in [4.69, 9.17) is 4.74 Å². The van der Waals surface area contributed by atoms with Gasteiger partial charge in [0.15, 0.2) is 5.69 Å². The number of carbonyl (C=O) groups excluding carboxylic acids is 3. The lowest BCUT2D eigenvalue weighted by Crippen LogP contribution is -2.15. The zero-order chi connectivity index (χ0) is 23.2. The first-order chi connectivity index (χ1) is 16.1. The van der Waals surface area contributed by atoms with Crippen LogP contribution >= 0.6 is 0 Å². The number of rotatable bonds is 8. The lowest BCUT2D eigenvalue weighted by molar-refractivity contribution is 0.0515. The first kappa shape index (κ1) is 21.7. The molecule has 9 heteroatoms. The van der Waals surface area contributed by atoms with Gasteiger partial charge in [0.25, 0.3) is 0 Å². The van der Waals surface area contributed by atoms with Gasteiger partial charge in [-0.1, -0.05) is 18.2 Å². The molecule has 0 aliphatic carbocycles. The second-order valence-corrected chi connectivity index (χ2v) is 6.85. The number of ether oxygens (including phenoxy) is 1. The van der Waals surface area contributed by atoms with Gasteiger partial charge in [-0.3, -0.25) is 29.2 Å². The molecule has 4 aromatic heterocycles. The minimum Gasteiger partial charge on any atom is -0.461 e. The third-order valence-electron chi connectivity index (χ3n) is 4.70. The highest BCUT2D eigenvalue weighted by Crippen LogP contribution is 2.28. The fraction of sp³-hybridized carbons (Fsp3) is 0.125. The van der Waals surface area contributed by atoms with Crippen LogP contribution in [-0.4, -0.2) is 48.9 Å². The highest BCUT2D eigenvalue weighted by molar-refractivity contribution is 6.16. The molecule has 0 atom stereocenters. The van der Waals surface area contributed by atoms with Gasteiger partial charge in [-0.25, -0.2) is 4.79 Å². The van der Waals surface area contributed by atoms with Gasteiger partial charge in [-0.15, -0.1) is 0 Å². The molecule has 0 aromatic carbocycles. The number of hydrogen-bond acceptors (Lipinski definition) is 8. The molecule has 0 bridgehead atoms. The lowest BCUT2D eigenvalue weighted by atomic mass is 10.0. The number of nitrogens with zero attached hydrogens (tertiary/aromatic N) is 5. The Balaban J connectivity index is 1.91. The first-order valence-electron chi connectivity index (χ1n) is 10.2. The van der Waals surface area contributed by atoms with E-state index in [0.29, 0.717) is 5.69 Å². The number of ketones is 2. The van der Waals surface area contributed by atoms with Gasteiger partial charge >= 0.3 is 5.97 Å². The van der Waals surface area contributed by atoms with Gasteiger partial charge in [0.2, 0.25) is 11.6 Å². The molecule has 0 saturated carbocycles. The van der Waals surface area contributed by atoms with Crippen LogP contribution in [0.25, 0.3) is 11.4 Å². The molecule has 0 unspecified atom stereocenters. The molecule has 0 radical (unpaired) electrons. The van der Waals surface area contributed by atoms with E-state index in [1.54, 1.807) is 61.7 Å². The summed E-state index contributed by atoms with van der Waals surface area (Å²) in [5, 5.41) is 4.32. The molecule has 164 valence electrons. The van der Waals surface area contributed by atoms with Crippen molar-refractivity contribution < 1.29 is 19.1 Å². The molecule has 0 aliphatic heterocycles. The second kappa shape index (κ2) is 9.73. The van der Waals surface area contributed by atoms with Crippen LogP contribution in [0.3, 0.4) is 0 Å². The molecular formula is C24H19N5O4. The average molecular weight is 441 g/mol. The maximum Gasteiger partial charge on any atom is 0.359 e. The SMILES string of the molecule is CCOC(=O)c1nn(CC(=O)c2ccccn2)c(-c2ccccn2)c1C(=O)c1ccccn1. The predicted octanol–water partition coefficient (Wildman–Crippen LogP) is 3.03. The van der Waals surface area contributed by atoms with E-state index in [2.05, 4.69) is 20.1 Å². The van der Waals surface area contributed by atoms with Gasteiger partial charge in [0.05, 0.1) is 23.6 Å². The molecule has 9 nitrogen and oxygen atoms in total. The Kier molecular flexibility index (Phi) is 6.40. The fourth-order valence-electron chi connectivity index (χ4n) is 3.27. The van der Waals surface area contributed by atoms with Crippen molar-refractivity contribution in [1.82, 2.24) is 24.7 Å². The van der Waals surface area contributed by atoms with Crippen molar-refractivity contribution in [1.29, 1.82) is 0 Å². The summed E-state index contributed by atoms with van der Waals surface area (Å²) in [6.07, 6.45) is 4.54. The standard InChI is InChI=1S/C24H19N5O4/c1-2-33-24(32)21-20(23(31)18-11-5-8-14-27-18)22(17-10-4-7-13-26-17)29(28-21)15-19(30)16-9-3-6-12-25-16/h3-14H,2,15H2,1H3. The number of esters is 1. The zero-order valence-electron chi connectivity index (χ0n) is 17.7. The summed E-state index contributed by atoms with van der Waals surface area (Å²) in [4.78, 5) is 51.7. The largest absolute Gasteiger partial charge is 0.461 e. The summed E-state index contributed by atoms with van der Waals surface area (Å²) < 4.78 is 6.44. The van der Waals surface area contributed by atoms with E-state index in [0.717, 1.165) is 0 Å². The van der Waals surface area contributed by atoms with Crippen molar-refractivity contribution in [3.8, 4) is 11.4 Å². The zero-order valence-corrected chi connectivity index (χ0v) is 17.7. The van der Waals surface area contributed by atoms with Crippen LogP contribution in [0.4, 0.5) is 0 Å². The first-order valence-corrected chi connectivity index (χ1v) is 10.2. The topological polar surface area (TPSA) is 117 Å². The highest BCUT2D eigenvalue weighted by atomic mass is 16.5. The predicted molar refractivity (Wildman–Crippen MR) is 118 cm³/mol. The molecule has 0 saturated heterocycles. The molecule has 0 spiro atoms. The minimum atomic E-state index is -0.780. The second-order valence-electron chi connectivity index (χ2n) is 6.85. The number of hydrogen-bond donors (Lipinski definition) is 0. The Morgan fingerprint density at radius 2 is 1.48 bits per heavy atom. The number of aromatic nitrogens is 5. The smallest absolute Gasteiger partial charge is 0.359 e. The van der Waals surface area contributed by atoms with Gasteiger partial charge in [-0.05, 0) is 43.3 Å². The molecule has 33 heavy (non-hydrogen) atoms. The summed E-state index contributed by atoms with van der Waals surface area (Å²) in [7, 11) is 0. The van der Waals surface area contributed by atoms with E-state index in [9.17, 15) is 14.4 Å². The number of pyridine rings is 3. The van der Waals surface area contributed by atoms with E-state index < -0.39 is 11.8 Å². The van der Waals surface area contributed by atoms with E-state index >= 15 is 0 Å². The number of Topliss-reactive ketones (excluding diaryl/α,β-unsaturated/α-hetero) is 1. The Morgan fingerprint density at radius 1 is 0.848 bits per heavy atom. The Labute approximate surface area is 189 Å². The van der Waals surface area contributed by atoms with Crippen molar-refractivity contribution in [3.63, 3.8) is 0 Å². The van der Waals surface area contributed by atoms with Crippen LogP contribution in [0, 0.1) is 0 Å². The van der Waals surface area contributed by atoms with E-state index in [1.165, 1.54) is 23.1 Å². The molecule has 4 aromatic rings. The molecule has 0 N–H and O–H groups in total. The van der Waals surface area contributed by atoms with E-state index in [1.807, 2.05) is 0 Å². The van der Waals surface area contributed by atoms with Crippen molar-refractivity contribution in [2.45, 2.75) is 13.5 Å². The summed E-state index contributed by atoms with van der Waals surface area (Å²) in [5.74, 6) is -1.66. The Morgan fingerprint density at radius 3 is 2.06 bits per heavy atom. The van der Waals surface area contributed by atoms with Crippen molar-refractivity contribution in [2.24, 2.45) is 0 Å². The minimum absolute atomic E-state index is 0.0281. The maximum absolute atomic E-state index is 13.5. The van der Waals surface area contributed by atoms with Crippen LogP contribution in [0.1, 0.15) is 44.0 Å². The van der Waals surface area contributed by atoms with Crippen molar-refractivity contribution in [2.75, 3.05) is 6.61 Å². The summed E-state index contributed by atoms with van der Waals surface area (Å²) in [5.41, 5.74) is 0.708. The molecule has 0 fully saturated rings. The van der Waals surface area contributed by atoms with Crippen LogP contribution in [0.5, 0.6) is 0 Å². The van der Waals surface area contributed by atoms with Gasteiger partial charge in [0.1, 0.15) is 17.9 Å². The highest BCUT2D eigenvalue weighted by Gasteiger charge is 2.32. The lowest BCUT2D eigenvalue weighted by Gasteiger charge is -2.08. The number of carbonyl (C=O) groups is 3. The molecule has 4 heterocycles. The van der Waals surface area contributed by atoms with Crippen LogP contribution in [0.15, 0.2) is 73.2 Å². The molecule has 0 aliphatic rings. The van der Waals surface area contributed by atoms with Crippen molar-refractivity contribution >= 4 is 17.5 Å². The summed E-state index contributed by atoms with van der Waals surface area (Å²) in [6.45, 7) is 1.49. The third kappa shape index (κ3) is 4.57. The van der Waals surface area contributed by atoms with Gasteiger partial charge in [0, 0.05) is 18.6 Å². The quantitative estimate of drug-likeness (QED) is 0.303. The van der Waals surface area contributed by atoms with Crippen molar-refractivity contribution in [3.05, 3.63) is 95.8 Å². The summed E-state index contributed by atoms with van der Waals surface area (Å²) in [6, 6.07) is 15.0. The Bertz CT molecular complexity index is 1290. The fourth-order valence-corrected chi connectivity index (χ4v) is 3.27. The van der Waals surface area contributed by atoms with Crippen LogP contribution in [-0.2, 0) is 11.3 Å². The normalized spacial score (nSPS) is 10.6. The van der Waals surface area contributed by atoms with Crippen LogP contribution < -0.4 is 0 Å². The monoisotopic (exact) mass is 441 g/mol. The van der Waals surface area contributed by atoms with Gasteiger partial charge < -0.3 is 4.74 Å².